The minimum atomic E-state index is 0.512. The van der Waals surface area contributed by atoms with Crippen LogP contribution in [0.4, 0.5) is 0 Å². The van der Waals surface area contributed by atoms with Crippen LogP contribution in [0.25, 0.3) is 0 Å². The molecule has 0 bridgehead atoms. The quantitative estimate of drug-likeness (QED) is 0.814. The van der Waals surface area contributed by atoms with Gasteiger partial charge < -0.3 is 10.1 Å². The van der Waals surface area contributed by atoms with Crippen molar-refractivity contribution >= 4 is 0 Å². The van der Waals surface area contributed by atoms with Gasteiger partial charge in [0.1, 0.15) is 0 Å². The highest BCUT2D eigenvalue weighted by Crippen LogP contribution is 2.33. The molecule has 2 aliphatic carbocycles. The third kappa shape index (κ3) is 3.03. The van der Waals surface area contributed by atoms with Gasteiger partial charge in [0, 0.05) is 13.1 Å². The van der Waals surface area contributed by atoms with Crippen molar-refractivity contribution in [2.24, 2.45) is 11.8 Å². The smallest absolute Gasteiger partial charge is 0.0731 e. The van der Waals surface area contributed by atoms with Crippen LogP contribution in [0.1, 0.15) is 57.8 Å². The molecule has 17 heavy (non-hydrogen) atoms. The van der Waals surface area contributed by atoms with E-state index in [1.165, 1.54) is 57.8 Å². The fourth-order valence-corrected chi connectivity index (χ4v) is 4.09. The van der Waals surface area contributed by atoms with Crippen LogP contribution in [0.2, 0.25) is 0 Å². The number of hydrogen-bond acceptors (Lipinski definition) is 2. The fraction of sp³-hybridized carbons (Fsp3) is 1.00. The van der Waals surface area contributed by atoms with E-state index in [1.54, 1.807) is 0 Å². The maximum Gasteiger partial charge on any atom is 0.0731 e. The lowest BCUT2D eigenvalue weighted by atomic mass is 9.96. The Bertz CT molecular complexity index is 231. The molecule has 2 atom stereocenters. The van der Waals surface area contributed by atoms with Gasteiger partial charge in [0.2, 0.25) is 0 Å². The molecule has 2 unspecified atom stereocenters. The summed E-state index contributed by atoms with van der Waals surface area (Å²) in [5, 5.41) is 3.61. The topological polar surface area (TPSA) is 21.3 Å². The molecule has 1 saturated heterocycles. The Kier molecular flexibility index (Phi) is 4.02. The second kappa shape index (κ2) is 5.71. The fourth-order valence-electron chi connectivity index (χ4n) is 4.09. The summed E-state index contributed by atoms with van der Waals surface area (Å²) in [7, 11) is 0. The summed E-state index contributed by atoms with van der Waals surface area (Å²) >= 11 is 0. The van der Waals surface area contributed by atoms with Crippen molar-refractivity contribution in [2.45, 2.75) is 70.0 Å². The molecule has 0 aromatic rings. The van der Waals surface area contributed by atoms with Gasteiger partial charge in [-0.25, -0.2) is 0 Å². The summed E-state index contributed by atoms with van der Waals surface area (Å²) in [6.45, 7) is 2.20. The lowest BCUT2D eigenvalue weighted by Crippen LogP contribution is -2.47. The van der Waals surface area contributed by atoms with Crippen LogP contribution >= 0.6 is 0 Å². The highest BCUT2D eigenvalue weighted by atomic mass is 16.5. The lowest BCUT2D eigenvalue weighted by molar-refractivity contribution is -0.0723. The predicted molar refractivity (Wildman–Crippen MR) is 70.1 cm³/mol. The van der Waals surface area contributed by atoms with Crippen LogP contribution < -0.4 is 5.32 Å². The van der Waals surface area contributed by atoms with Gasteiger partial charge in [0.05, 0.1) is 12.2 Å². The van der Waals surface area contributed by atoms with E-state index in [0.29, 0.717) is 12.2 Å². The summed E-state index contributed by atoms with van der Waals surface area (Å²) in [5.74, 6) is 1.82. The molecule has 0 radical (unpaired) electrons. The zero-order chi connectivity index (χ0) is 11.5. The highest BCUT2D eigenvalue weighted by molar-refractivity contribution is 4.84. The van der Waals surface area contributed by atoms with E-state index in [4.69, 9.17) is 4.74 Å². The molecule has 3 aliphatic rings. The number of ether oxygens (including phenoxy) is 1. The number of rotatable bonds is 3. The van der Waals surface area contributed by atoms with Gasteiger partial charge in [-0.1, -0.05) is 38.5 Å². The first kappa shape index (κ1) is 12.0. The number of hydrogen-bond donors (Lipinski definition) is 1. The molecule has 1 N–H and O–H groups in total. The Morgan fingerprint density at radius 3 is 2.35 bits per heavy atom. The Morgan fingerprint density at radius 2 is 1.59 bits per heavy atom. The monoisotopic (exact) mass is 237 g/mol. The molecule has 2 saturated carbocycles. The van der Waals surface area contributed by atoms with Gasteiger partial charge in [0.25, 0.3) is 0 Å². The first-order valence-electron chi connectivity index (χ1n) is 7.78. The second-order valence-electron chi connectivity index (χ2n) is 6.39. The Balaban J connectivity index is 1.48. The molecule has 2 nitrogen and oxygen atoms in total. The molecule has 3 fully saturated rings. The molecule has 98 valence electrons. The molecule has 1 aliphatic heterocycles. The van der Waals surface area contributed by atoms with E-state index in [0.717, 1.165) is 24.9 Å². The Morgan fingerprint density at radius 1 is 0.882 bits per heavy atom. The first-order valence-corrected chi connectivity index (χ1v) is 7.78. The van der Waals surface area contributed by atoms with Gasteiger partial charge >= 0.3 is 0 Å². The molecule has 3 rings (SSSR count). The minimum Gasteiger partial charge on any atom is -0.372 e. The predicted octanol–water partition coefficient (Wildman–Crippen LogP) is 3.11. The zero-order valence-electron chi connectivity index (χ0n) is 11.0. The molecule has 0 spiro atoms. The summed E-state index contributed by atoms with van der Waals surface area (Å²) in [5.41, 5.74) is 0. The van der Waals surface area contributed by atoms with Crippen LogP contribution in [0.15, 0.2) is 0 Å². The van der Waals surface area contributed by atoms with Gasteiger partial charge in [-0.15, -0.1) is 0 Å². The van der Waals surface area contributed by atoms with Crippen molar-refractivity contribution in [1.29, 1.82) is 0 Å². The van der Waals surface area contributed by atoms with Crippen molar-refractivity contribution in [3.63, 3.8) is 0 Å². The van der Waals surface area contributed by atoms with Crippen LogP contribution in [0.3, 0.4) is 0 Å². The summed E-state index contributed by atoms with van der Waals surface area (Å²) < 4.78 is 6.37. The van der Waals surface area contributed by atoms with Gasteiger partial charge in [-0.3, -0.25) is 0 Å². The van der Waals surface area contributed by atoms with Crippen molar-refractivity contribution in [1.82, 2.24) is 5.32 Å². The molecule has 2 heteroatoms. The normalized spacial score (nSPS) is 36.7. The van der Waals surface area contributed by atoms with E-state index in [1.807, 2.05) is 0 Å². The average Bonchev–Trinajstić information content (AvgIpc) is 3.01. The Hall–Kier alpha value is -0.0800. The number of morpholine rings is 1. The molecule has 0 amide bonds. The molecular formula is C15H27NO. The third-order valence-electron chi connectivity index (χ3n) is 5.08. The van der Waals surface area contributed by atoms with Gasteiger partial charge in [-0.2, -0.15) is 0 Å². The summed E-state index contributed by atoms with van der Waals surface area (Å²) in [4.78, 5) is 0. The molecule has 1 heterocycles. The van der Waals surface area contributed by atoms with Crippen LogP contribution in [-0.4, -0.2) is 25.3 Å². The van der Waals surface area contributed by atoms with E-state index >= 15 is 0 Å². The highest BCUT2D eigenvalue weighted by Gasteiger charge is 2.32. The summed E-state index contributed by atoms with van der Waals surface area (Å²) in [6, 6.07) is 0. The van der Waals surface area contributed by atoms with E-state index in [2.05, 4.69) is 5.32 Å². The molecule has 0 aromatic heterocycles. The van der Waals surface area contributed by atoms with Crippen molar-refractivity contribution in [2.75, 3.05) is 13.1 Å². The SMILES string of the molecule is C1CCC(CC2CNCC(C3CCCC3)O2)C1. The van der Waals surface area contributed by atoms with Crippen molar-refractivity contribution in [3.8, 4) is 0 Å². The third-order valence-corrected chi connectivity index (χ3v) is 5.08. The largest absolute Gasteiger partial charge is 0.372 e. The zero-order valence-corrected chi connectivity index (χ0v) is 11.0. The maximum absolute atomic E-state index is 6.37. The molecular weight excluding hydrogens is 210 g/mol. The van der Waals surface area contributed by atoms with Gasteiger partial charge in [-0.05, 0) is 31.1 Å². The lowest BCUT2D eigenvalue weighted by Gasteiger charge is -2.35. The first-order chi connectivity index (χ1) is 8.42. The summed E-state index contributed by atoms with van der Waals surface area (Å²) in [6.07, 6.45) is 13.8. The van der Waals surface area contributed by atoms with E-state index in [-0.39, 0.29) is 0 Å². The van der Waals surface area contributed by atoms with Crippen LogP contribution in [0, 0.1) is 11.8 Å². The minimum absolute atomic E-state index is 0.512. The van der Waals surface area contributed by atoms with E-state index in [9.17, 15) is 0 Å². The van der Waals surface area contributed by atoms with E-state index < -0.39 is 0 Å². The Labute approximate surface area is 105 Å². The molecule has 0 aromatic carbocycles. The van der Waals surface area contributed by atoms with Crippen LogP contribution in [0.5, 0.6) is 0 Å². The van der Waals surface area contributed by atoms with Crippen molar-refractivity contribution in [3.05, 3.63) is 0 Å². The van der Waals surface area contributed by atoms with Gasteiger partial charge in [0.15, 0.2) is 0 Å². The maximum atomic E-state index is 6.37. The number of nitrogens with one attached hydrogen (secondary N) is 1. The van der Waals surface area contributed by atoms with Crippen molar-refractivity contribution < 1.29 is 4.74 Å². The second-order valence-corrected chi connectivity index (χ2v) is 6.39. The standard InChI is InChI=1S/C15H27NO/c1-2-6-12(5-1)9-14-10-16-11-15(17-14)13-7-3-4-8-13/h12-16H,1-11H2. The van der Waals surface area contributed by atoms with Crippen LogP contribution in [-0.2, 0) is 4.74 Å². The average molecular weight is 237 g/mol.